The van der Waals surface area contributed by atoms with Crippen molar-refractivity contribution in [3.63, 3.8) is 0 Å². The molecule has 0 N–H and O–H groups in total. The summed E-state index contributed by atoms with van der Waals surface area (Å²) in [5, 5.41) is 0. The van der Waals surface area contributed by atoms with E-state index >= 15 is 0 Å². The van der Waals surface area contributed by atoms with Crippen molar-refractivity contribution in [2.24, 2.45) is 5.92 Å². The van der Waals surface area contributed by atoms with Crippen molar-refractivity contribution >= 4 is 11.9 Å². The van der Waals surface area contributed by atoms with Gasteiger partial charge in [0.2, 0.25) is 5.78 Å². The topological polar surface area (TPSA) is 46.6 Å². The number of carbonyl (C=O) groups is 2. The van der Waals surface area contributed by atoms with E-state index in [4.69, 9.17) is 4.74 Å². The van der Waals surface area contributed by atoms with Crippen molar-refractivity contribution in [1.29, 1.82) is 0 Å². The molecule has 1 fully saturated rings. The Morgan fingerprint density at radius 2 is 1.65 bits per heavy atom. The second-order valence-electron chi connectivity index (χ2n) is 6.04. The average Bonchev–Trinajstić information content (AvgIpc) is 2.26. The van der Waals surface area contributed by atoms with Crippen molar-refractivity contribution in [1.82, 2.24) is 4.90 Å². The van der Waals surface area contributed by atoms with Crippen LogP contribution in [-0.4, -0.2) is 41.6 Å². The molecule has 20 heavy (non-hydrogen) atoms. The number of ether oxygens (including phenoxy) is 1. The molecule has 0 bridgehead atoms. The summed E-state index contributed by atoms with van der Waals surface area (Å²) in [6.07, 6.45) is -4.94. The van der Waals surface area contributed by atoms with E-state index in [2.05, 4.69) is 0 Å². The Kier molecular flexibility index (Phi) is 5.05. The van der Waals surface area contributed by atoms with Crippen LogP contribution in [0, 0.1) is 5.92 Å². The molecule has 1 amide bonds. The molecular formula is C13H20F3NO3. The normalized spacial score (nSPS) is 18.0. The van der Waals surface area contributed by atoms with E-state index in [0.29, 0.717) is 25.9 Å². The summed E-state index contributed by atoms with van der Waals surface area (Å²) < 4.78 is 41.7. The van der Waals surface area contributed by atoms with Crippen LogP contribution in [0.4, 0.5) is 18.0 Å². The van der Waals surface area contributed by atoms with E-state index in [9.17, 15) is 22.8 Å². The molecule has 1 heterocycles. The minimum absolute atomic E-state index is 0.317. The van der Waals surface area contributed by atoms with Crippen molar-refractivity contribution in [2.75, 3.05) is 13.1 Å². The van der Waals surface area contributed by atoms with Crippen LogP contribution in [0.3, 0.4) is 0 Å². The second-order valence-corrected chi connectivity index (χ2v) is 6.04. The van der Waals surface area contributed by atoms with Crippen LogP contribution in [0.1, 0.15) is 40.0 Å². The largest absolute Gasteiger partial charge is 0.449 e. The van der Waals surface area contributed by atoms with Gasteiger partial charge < -0.3 is 9.64 Å². The van der Waals surface area contributed by atoms with Crippen LogP contribution >= 0.6 is 0 Å². The lowest BCUT2D eigenvalue weighted by Gasteiger charge is -2.33. The van der Waals surface area contributed by atoms with E-state index in [-0.39, 0.29) is 5.92 Å². The summed E-state index contributed by atoms with van der Waals surface area (Å²) in [6, 6.07) is 0. The Labute approximate surface area is 116 Å². The fourth-order valence-corrected chi connectivity index (χ4v) is 2.02. The molecule has 116 valence electrons. The quantitative estimate of drug-likeness (QED) is 0.786. The molecule has 7 heteroatoms. The third-order valence-corrected chi connectivity index (χ3v) is 3.06. The molecule has 0 aromatic rings. The van der Waals surface area contributed by atoms with Gasteiger partial charge in [0, 0.05) is 19.5 Å². The standard InChI is InChI=1S/C13H20F3NO3/c1-12(2,3)20-11(19)17-6-4-9(5-7-17)8-10(18)13(14,15)16/h9H,4-8H2,1-3H3. The fourth-order valence-electron chi connectivity index (χ4n) is 2.02. The third kappa shape index (κ3) is 5.38. The lowest BCUT2D eigenvalue weighted by molar-refractivity contribution is -0.172. The Hall–Kier alpha value is -1.27. The number of carbonyl (C=O) groups excluding carboxylic acids is 2. The van der Waals surface area contributed by atoms with Gasteiger partial charge in [-0.05, 0) is 39.5 Å². The summed E-state index contributed by atoms with van der Waals surface area (Å²) in [5.41, 5.74) is -0.597. The number of hydrogen-bond donors (Lipinski definition) is 0. The number of rotatable bonds is 2. The van der Waals surface area contributed by atoms with Gasteiger partial charge in [-0.25, -0.2) is 4.79 Å². The Morgan fingerprint density at radius 1 is 1.15 bits per heavy atom. The summed E-state index contributed by atoms with van der Waals surface area (Å²) in [7, 11) is 0. The predicted molar refractivity (Wildman–Crippen MR) is 66.2 cm³/mol. The van der Waals surface area contributed by atoms with Gasteiger partial charge in [-0.1, -0.05) is 0 Å². The molecule has 1 aliphatic rings. The van der Waals surface area contributed by atoms with E-state index in [1.54, 1.807) is 20.8 Å². The number of likely N-dealkylation sites (tertiary alicyclic amines) is 1. The zero-order chi connectivity index (χ0) is 15.6. The number of nitrogens with zero attached hydrogens (tertiary/aromatic N) is 1. The molecule has 1 rings (SSSR count). The number of Topliss-reactive ketones (excluding diaryl/α,β-unsaturated/α-hetero) is 1. The molecule has 0 aromatic heterocycles. The van der Waals surface area contributed by atoms with Crippen LogP contribution in [0.5, 0.6) is 0 Å². The first-order chi connectivity index (χ1) is 8.99. The van der Waals surface area contributed by atoms with Crippen LogP contribution in [0.25, 0.3) is 0 Å². The van der Waals surface area contributed by atoms with Crippen LogP contribution in [0.15, 0.2) is 0 Å². The molecule has 0 unspecified atom stereocenters. The van der Waals surface area contributed by atoms with Crippen molar-refractivity contribution < 1.29 is 27.5 Å². The van der Waals surface area contributed by atoms with Crippen LogP contribution in [-0.2, 0) is 9.53 Å². The number of piperidine rings is 1. The molecule has 0 saturated carbocycles. The Morgan fingerprint density at radius 3 is 2.05 bits per heavy atom. The van der Waals surface area contributed by atoms with Crippen molar-refractivity contribution in [3.05, 3.63) is 0 Å². The fraction of sp³-hybridized carbons (Fsp3) is 0.846. The first-order valence-corrected chi connectivity index (χ1v) is 6.57. The average molecular weight is 295 g/mol. The molecule has 1 saturated heterocycles. The molecule has 1 aliphatic heterocycles. The number of ketones is 1. The van der Waals surface area contributed by atoms with Crippen molar-refractivity contribution in [2.45, 2.75) is 51.8 Å². The summed E-state index contributed by atoms with van der Waals surface area (Å²) in [5.74, 6) is -2.00. The molecular weight excluding hydrogens is 275 g/mol. The smallest absolute Gasteiger partial charge is 0.444 e. The molecule has 0 aliphatic carbocycles. The maximum atomic E-state index is 12.2. The molecule has 4 nitrogen and oxygen atoms in total. The highest BCUT2D eigenvalue weighted by Crippen LogP contribution is 2.27. The van der Waals surface area contributed by atoms with E-state index in [1.807, 2.05) is 0 Å². The lowest BCUT2D eigenvalue weighted by Crippen LogP contribution is -2.42. The lowest BCUT2D eigenvalue weighted by atomic mass is 9.92. The summed E-state index contributed by atoms with van der Waals surface area (Å²) in [4.78, 5) is 24.1. The first kappa shape index (κ1) is 16.8. The van der Waals surface area contributed by atoms with Gasteiger partial charge >= 0.3 is 12.3 Å². The second kappa shape index (κ2) is 6.01. The zero-order valence-corrected chi connectivity index (χ0v) is 11.9. The number of alkyl halides is 3. The van der Waals surface area contributed by atoms with Gasteiger partial charge in [0.15, 0.2) is 0 Å². The molecule has 0 spiro atoms. The number of amides is 1. The maximum absolute atomic E-state index is 12.2. The van der Waals surface area contributed by atoms with Crippen LogP contribution in [0.2, 0.25) is 0 Å². The van der Waals surface area contributed by atoms with Gasteiger partial charge in [0.05, 0.1) is 0 Å². The summed E-state index contributed by atoms with van der Waals surface area (Å²) >= 11 is 0. The minimum Gasteiger partial charge on any atom is -0.444 e. The highest BCUT2D eigenvalue weighted by Gasteiger charge is 2.40. The van der Waals surface area contributed by atoms with Crippen molar-refractivity contribution in [3.8, 4) is 0 Å². The van der Waals surface area contributed by atoms with Crippen LogP contribution < -0.4 is 0 Å². The first-order valence-electron chi connectivity index (χ1n) is 6.57. The van der Waals surface area contributed by atoms with Gasteiger partial charge in [0.1, 0.15) is 5.60 Å². The highest BCUT2D eigenvalue weighted by molar-refractivity contribution is 5.84. The zero-order valence-electron chi connectivity index (χ0n) is 11.9. The predicted octanol–water partition coefficient (Wildman–Crippen LogP) is 3.16. The van der Waals surface area contributed by atoms with E-state index in [0.717, 1.165) is 0 Å². The molecule has 0 aromatic carbocycles. The Balaban J connectivity index is 2.41. The number of hydrogen-bond acceptors (Lipinski definition) is 3. The molecule has 0 atom stereocenters. The minimum atomic E-state index is -4.76. The van der Waals surface area contributed by atoms with Gasteiger partial charge in [-0.2, -0.15) is 13.2 Å². The third-order valence-electron chi connectivity index (χ3n) is 3.06. The summed E-state index contributed by atoms with van der Waals surface area (Å²) in [6.45, 7) is 5.90. The van der Waals surface area contributed by atoms with Gasteiger partial charge in [-0.15, -0.1) is 0 Å². The monoisotopic (exact) mass is 295 g/mol. The van der Waals surface area contributed by atoms with Gasteiger partial charge in [-0.3, -0.25) is 4.79 Å². The molecule has 0 radical (unpaired) electrons. The maximum Gasteiger partial charge on any atom is 0.449 e. The number of halogens is 3. The van der Waals surface area contributed by atoms with E-state index < -0.39 is 30.1 Å². The Bertz CT molecular complexity index is 366. The highest BCUT2D eigenvalue weighted by atomic mass is 19.4. The van der Waals surface area contributed by atoms with Gasteiger partial charge in [0.25, 0.3) is 0 Å². The van der Waals surface area contributed by atoms with E-state index in [1.165, 1.54) is 4.90 Å². The SMILES string of the molecule is CC(C)(C)OC(=O)N1CCC(CC(=O)C(F)(F)F)CC1.